The number of methoxy groups -OCH3 is 1. The first-order valence-corrected chi connectivity index (χ1v) is 8.18. The predicted octanol–water partition coefficient (Wildman–Crippen LogP) is 4.31. The van der Waals surface area contributed by atoms with Gasteiger partial charge in [-0.25, -0.2) is 0 Å². The molecule has 0 spiro atoms. The van der Waals surface area contributed by atoms with Gasteiger partial charge in [-0.15, -0.1) is 0 Å². The van der Waals surface area contributed by atoms with Crippen LogP contribution in [0.15, 0.2) is 40.9 Å². The van der Waals surface area contributed by atoms with Crippen LogP contribution in [0, 0.1) is 0 Å². The van der Waals surface area contributed by atoms with Gasteiger partial charge in [-0.2, -0.15) is 0 Å². The first-order valence-electron chi connectivity index (χ1n) is 7.39. The Kier molecular flexibility index (Phi) is 5.98. The van der Waals surface area contributed by atoms with Crippen LogP contribution in [0.4, 0.5) is 5.69 Å². The average Bonchev–Trinajstić information content (AvgIpc) is 2.56. The molecule has 2 rings (SSSR count). The zero-order valence-electron chi connectivity index (χ0n) is 13.7. The van der Waals surface area contributed by atoms with Crippen molar-refractivity contribution in [3.63, 3.8) is 0 Å². The smallest absolute Gasteiger partial charge is 0.255 e. The third kappa shape index (κ3) is 4.14. The molecule has 0 radical (unpaired) electrons. The maximum atomic E-state index is 12.5. The first kappa shape index (κ1) is 18.0. The maximum Gasteiger partial charge on any atom is 0.255 e. The second-order valence-electron chi connectivity index (χ2n) is 5.01. The SMILES string of the molecule is CCOc1c(Br)cc(C(=O)Nc2cccc(C(C)=O)c2)cc1OC. The van der Waals surface area contributed by atoms with Crippen molar-refractivity contribution in [2.24, 2.45) is 0 Å². The fourth-order valence-electron chi connectivity index (χ4n) is 2.15. The Balaban J connectivity index is 2.28. The van der Waals surface area contributed by atoms with Crippen LogP contribution >= 0.6 is 15.9 Å². The highest BCUT2D eigenvalue weighted by atomic mass is 79.9. The Morgan fingerprint density at radius 1 is 1.17 bits per heavy atom. The highest BCUT2D eigenvalue weighted by Gasteiger charge is 2.16. The van der Waals surface area contributed by atoms with Crippen LogP contribution in [0.25, 0.3) is 0 Å². The van der Waals surface area contributed by atoms with Crippen molar-refractivity contribution in [1.82, 2.24) is 0 Å². The van der Waals surface area contributed by atoms with Gasteiger partial charge in [0.25, 0.3) is 5.91 Å². The highest BCUT2D eigenvalue weighted by Crippen LogP contribution is 2.36. The van der Waals surface area contributed by atoms with E-state index in [9.17, 15) is 9.59 Å². The predicted molar refractivity (Wildman–Crippen MR) is 96.3 cm³/mol. The van der Waals surface area contributed by atoms with Crippen LogP contribution in [0.2, 0.25) is 0 Å². The number of hydrogen-bond acceptors (Lipinski definition) is 4. The van der Waals surface area contributed by atoms with Crippen molar-refractivity contribution in [3.05, 3.63) is 52.0 Å². The van der Waals surface area contributed by atoms with Crippen LogP contribution < -0.4 is 14.8 Å². The number of amides is 1. The fraction of sp³-hybridized carbons (Fsp3) is 0.222. The molecule has 6 heteroatoms. The van der Waals surface area contributed by atoms with Crippen molar-refractivity contribution >= 4 is 33.3 Å². The number of carbonyl (C=O) groups excluding carboxylic acids is 2. The molecular weight excluding hydrogens is 374 g/mol. The van der Waals surface area contributed by atoms with Gasteiger partial charge < -0.3 is 14.8 Å². The molecular formula is C18H18BrNO4. The molecule has 2 aromatic carbocycles. The van der Waals surface area contributed by atoms with E-state index in [1.807, 2.05) is 6.92 Å². The molecule has 0 unspecified atom stereocenters. The van der Waals surface area contributed by atoms with E-state index in [2.05, 4.69) is 21.2 Å². The molecule has 0 saturated heterocycles. The fourth-order valence-corrected chi connectivity index (χ4v) is 2.71. The van der Waals surface area contributed by atoms with E-state index in [-0.39, 0.29) is 11.7 Å². The Hall–Kier alpha value is -2.34. The lowest BCUT2D eigenvalue weighted by atomic mass is 10.1. The number of carbonyl (C=O) groups is 2. The Bertz CT molecular complexity index is 774. The molecule has 0 aliphatic carbocycles. The lowest BCUT2D eigenvalue weighted by Gasteiger charge is -2.13. The molecule has 126 valence electrons. The Morgan fingerprint density at radius 2 is 1.92 bits per heavy atom. The number of benzene rings is 2. The summed E-state index contributed by atoms with van der Waals surface area (Å²) < 4.78 is 11.4. The lowest BCUT2D eigenvalue weighted by molar-refractivity contribution is 0.101. The molecule has 1 N–H and O–H groups in total. The van der Waals surface area contributed by atoms with E-state index in [1.165, 1.54) is 14.0 Å². The summed E-state index contributed by atoms with van der Waals surface area (Å²) in [6, 6.07) is 10.1. The third-order valence-corrected chi connectivity index (χ3v) is 3.90. The number of halogens is 1. The van der Waals surface area contributed by atoms with E-state index in [0.29, 0.717) is 39.4 Å². The normalized spacial score (nSPS) is 10.2. The summed E-state index contributed by atoms with van der Waals surface area (Å²) in [5, 5.41) is 2.78. The molecule has 0 fully saturated rings. The van der Waals surface area contributed by atoms with Crippen LogP contribution in [0.1, 0.15) is 34.6 Å². The molecule has 0 heterocycles. The topological polar surface area (TPSA) is 64.6 Å². The van der Waals surface area contributed by atoms with Crippen molar-refractivity contribution in [3.8, 4) is 11.5 Å². The summed E-state index contributed by atoms with van der Waals surface area (Å²) in [6.07, 6.45) is 0. The summed E-state index contributed by atoms with van der Waals surface area (Å²) >= 11 is 3.39. The van der Waals surface area contributed by atoms with Gasteiger partial charge in [0.15, 0.2) is 17.3 Å². The van der Waals surface area contributed by atoms with E-state index >= 15 is 0 Å². The zero-order chi connectivity index (χ0) is 17.7. The van der Waals surface area contributed by atoms with Crippen LogP contribution in [-0.4, -0.2) is 25.4 Å². The molecule has 2 aromatic rings. The molecule has 24 heavy (non-hydrogen) atoms. The number of nitrogens with one attached hydrogen (secondary N) is 1. The number of rotatable bonds is 6. The van der Waals surface area contributed by atoms with Crippen molar-refractivity contribution in [2.75, 3.05) is 19.0 Å². The third-order valence-electron chi connectivity index (χ3n) is 3.31. The Labute approximate surface area is 149 Å². The molecule has 1 amide bonds. The van der Waals surface area contributed by atoms with Gasteiger partial charge in [0.1, 0.15) is 0 Å². The van der Waals surface area contributed by atoms with Gasteiger partial charge in [0, 0.05) is 16.8 Å². The summed E-state index contributed by atoms with van der Waals surface area (Å²) in [6.45, 7) is 3.84. The van der Waals surface area contributed by atoms with E-state index in [1.54, 1.807) is 36.4 Å². The number of ether oxygens (including phenoxy) is 2. The quantitative estimate of drug-likeness (QED) is 0.744. The zero-order valence-corrected chi connectivity index (χ0v) is 15.3. The van der Waals surface area contributed by atoms with Gasteiger partial charge in [-0.3, -0.25) is 9.59 Å². The summed E-state index contributed by atoms with van der Waals surface area (Å²) in [7, 11) is 1.52. The second kappa shape index (κ2) is 7.97. The monoisotopic (exact) mass is 391 g/mol. The number of Topliss-reactive ketones (excluding diaryl/α,β-unsaturated/α-hetero) is 1. The van der Waals surface area contributed by atoms with E-state index < -0.39 is 0 Å². The standard InChI is InChI=1S/C18H18BrNO4/c1-4-24-17-15(19)9-13(10-16(17)23-3)18(22)20-14-7-5-6-12(8-14)11(2)21/h5-10H,4H2,1-3H3,(H,20,22). The molecule has 0 saturated carbocycles. The lowest BCUT2D eigenvalue weighted by Crippen LogP contribution is -2.13. The van der Waals surface area contributed by atoms with Gasteiger partial charge in [-0.05, 0) is 54.0 Å². The molecule has 0 aliphatic heterocycles. The first-order chi connectivity index (χ1) is 11.5. The maximum absolute atomic E-state index is 12.5. The largest absolute Gasteiger partial charge is 0.493 e. The minimum Gasteiger partial charge on any atom is -0.493 e. The van der Waals surface area contributed by atoms with Crippen LogP contribution in [0.5, 0.6) is 11.5 Å². The summed E-state index contributed by atoms with van der Waals surface area (Å²) in [5.74, 6) is 0.651. The van der Waals surface area contributed by atoms with Crippen LogP contribution in [-0.2, 0) is 0 Å². The molecule has 0 atom stereocenters. The van der Waals surface area contributed by atoms with Crippen LogP contribution in [0.3, 0.4) is 0 Å². The molecule has 5 nitrogen and oxygen atoms in total. The van der Waals surface area contributed by atoms with Gasteiger partial charge in [0.2, 0.25) is 0 Å². The number of anilines is 1. The van der Waals surface area contributed by atoms with Gasteiger partial charge in [-0.1, -0.05) is 12.1 Å². The van der Waals surface area contributed by atoms with Gasteiger partial charge in [0.05, 0.1) is 18.2 Å². The molecule has 0 aromatic heterocycles. The Morgan fingerprint density at radius 3 is 2.54 bits per heavy atom. The number of ketones is 1. The van der Waals surface area contributed by atoms with E-state index in [0.717, 1.165) is 0 Å². The minimum atomic E-state index is -0.308. The molecule has 0 bridgehead atoms. The highest BCUT2D eigenvalue weighted by molar-refractivity contribution is 9.10. The molecule has 0 aliphatic rings. The number of hydrogen-bond donors (Lipinski definition) is 1. The van der Waals surface area contributed by atoms with Crippen molar-refractivity contribution < 1.29 is 19.1 Å². The summed E-state index contributed by atoms with van der Waals surface area (Å²) in [5.41, 5.74) is 1.50. The summed E-state index contributed by atoms with van der Waals surface area (Å²) in [4.78, 5) is 23.9. The van der Waals surface area contributed by atoms with Gasteiger partial charge >= 0.3 is 0 Å². The average molecular weight is 392 g/mol. The van der Waals surface area contributed by atoms with Crippen molar-refractivity contribution in [2.45, 2.75) is 13.8 Å². The minimum absolute atomic E-state index is 0.0587. The van der Waals surface area contributed by atoms with Crippen molar-refractivity contribution in [1.29, 1.82) is 0 Å². The second-order valence-corrected chi connectivity index (χ2v) is 5.87. The van der Waals surface area contributed by atoms with E-state index in [4.69, 9.17) is 9.47 Å².